The molecule has 0 N–H and O–H groups in total. The first-order chi connectivity index (χ1) is 15.6. The third-order valence-corrected chi connectivity index (χ3v) is 6.65. The minimum absolute atomic E-state index is 0.115. The Kier molecular flexibility index (Phi) is 5.66. The fourth-order valence-corrected chi connectivity index (χ4v) is 4.84. The van der Waals surface area contributed by atoms with Crippen LogP contribution in [0.25, 0.3) is 23.0 Å². The molecule has 3 aromatic carbocycles. The fourth-order valence-electron chi connectivity index (χ4n) is 3.45. The molecule has 0 radical (unpaired) electrons. The van der Waals surface area contributed by atoms with Gasteiger partial charge in [-0.2, -0.15) is 5.10 Å². The number of thiocarbonyl (C=S) groups is 1. The topological polar surface area (TPSA) is 38.1 Å². The van der Waals surface area contributed by atoms with Gasteiger partial charge in [0, 0.05) is 22.3 Å². The quantitative estimate of drug-likeness (QED) is 0.231. The van der Waals surface area contributed by atoms with E-state index in [0.29, 0.717) is 10.0 Å². The minimum atomic E-state index is -0.115. The summed E-state index contributed by atoms with van der Waals surface area (Å²) in [6.07, 6.45) is 3.88. The number of halogens is 1. The SMILES string of the molecule is O=C1S/C(=C\c2cn(-c3ccccc3)nc2-c2ccc(Cl)cc2)C(=S)N1c1ccccc1. The molecule has 0 atom stereocenters. The predicted octanol–water partition coefficient (Wildman–Crippen LogP) is 7.23. The maximum absolute atomic E-state index is 12.7. The molecular formula is C25H16ClN3OS2. The third-order valence-electron chi connectivity index (χ3n) is 4.98. The van der Waals surface area contributed by atoms with E-state index in [2.05, 4.69) is 0 Å². The lowest BCUT2D eigenvalue weighted by atomic mass is 10.1. The maximum atomic E-state index is 12.7. The van der Waals surface area contributed by atoms with Crippen LogP contribution in [0.3, 0.4) is 0 Å². The van der Waals surface area contributed by atoms with Crippen LogP contribution in [0.2, 0.25) is 5.02 Å². The third kappa shape index (κ3) is 4.00. The van der Waals surface area contributed by atoms with Gasteiger partial charge < -0.3 is 0 Å². The van der Waals surface area contributed by atoms with Crippen LogP contribution in [0, 0.1) is 0 Å². The number of benzene rings is 3. The molecule has 0 bridgehead atoms. The van der Waals surface area contributed by atoms with Gasteiger partial charge in [0.25, 0.3) is 5.24 Å². The van der Waals surface area contributed by atoms with Crippen LogP contribution < -0.4 is 4.90 Å². The zero-order chi connectivity index (χ0) is 22.1. The molecule has 2 heterocycles. The lowest BCUT2D eigenvalue weighted by Gasteiger charge is -2.14. The van der Waals surface area contributed by atoms with Gasteiger partial charge in [0.2, 0.25) is 0 Å². The van der Waals surface area contributed by atoms with Gasteiger partial charge in [0.05, 0.1) is 22.0 Å². The highest BCUT2D eigenvalue weighted by molar-refractivity contribution is 8.20. The van der Waals surface area contributed by atoms with Crippen molar-refractivity contribution in [2.45, 2.75) is 0 Å². The number of hydrogen-bond donors (Lipinski definition) is 0. The van der Waals surface area contributed by atoms with E-state index in [0.717, 1.165) is 44.9 Å². The molecule has 4 aromatic rings. The molecule has 0 saturated carbocycles. The van der Waals surface area contributed by atoms with E-state index >= 15 is 0 Å². The zero-order valence-corrected chi connectivity index (χ0v) is 19.1. The Morgan fingerprint density at radius 1 is 0.875 bits per heavy atom. The summed E-state index contributed by atoms with van der Waals surface area (Å²) in [5.74, 6) is 0. The van der Waals surface area contributed by atoms with Crippen molar-refractivity contribution in [3.05, 3.63) is 107 Å². The van der Waals surface area contributed by atoms with Gasteiger partial charge in [-0.25, -0.2) is 4.68 Å². The lowest BCUT2D eigenvalue weighted by molar-refractivity contribution is 0.268. The molecule has 1 saturated heterocycles. The fraction of sp³-hybridized carbons (Fsp3) is 0. The van der Waals surface area contributed by atoms with Crippen LogP contribution in [0.1, 0.15) is 5.56 Å². The molecule has 1 aromatic heterocycles. The Bertz CT molecular complexity index is 1330. The van der Waals surface area contributed by atoms with Gasteiger partial charge in [-0.15, -0.1) is 0 Å². The van der Waals surface area contributed by atoms with Crippen LogP contribution in [0.4, 0.5) is 10.5 Å². The van der Waals surface area contributed by atoms with Crippen molar-refractivity contribution >= 4 is 57.6 Å². The lowest BCUT2D eigenvalue weighted by Crippen LogP contribution is -2.26. The highest BCUT2D eigenvalue weighted by Crippen LogP contribution is 2.38. The molecule has 32 heavy (non-hydrogen) atoms. The van der Waals surface area contributed by atoms with Crippen molar-refractivity contribution in [2.24, 2.45) is 0 Å². The number of carbonyl (C=O) groups excluding carboxylic acids is 1. The first-order valence-corrected chi connectivity index (χ1v) is 11.4. The normalized spacial score (nSPS) is 15.0. The number of thioether (sulfide) groups is 1. The van der Waals surface area contributed by atoms with Crippen molar-refractivity contribution < 1.29 is 4.79 Å². The zero-order valence-electron chi connectivity index (χ0n) is 16.7. The molecule has 5 rings (SSSR count). The second kappa shape index (κ2) is 8.74. The largest absolute Gasteiger partial charge is 0.296 e. The van der Waals surface area contributed by atoms with E-state index in [1.165, 1.54) is 0 Å². The van der Waals surface area contributed by atoms with Crippen molar-refractivity contribution in [3.63, 3.8) is 0 Å². The van der Waals surface area contributed by atoms with E-state index in [-0.39, 0.29) is 5.24 Å². The molecule has 0 spiro atoms. The second-order valence-electron chi connectivity index (χ2n) is 7.07. The molecule has 1 amide bonds. The van der Waals surface area contributed by atoms with Gasteiger partial charge in [0.15, 0.2) is 0 Å². The van der Waals surface area contributed by atoms with Gasteiger partial charge in [0.1, 0.15) is 4.99 Å². The molecule has 4 nitrogen and oxygen atoms in total. The van der Waals surface area contributed by atoms with Crippen LogP contribution in [0.5, 0.6) is 0 Å². The molecule has 0 aliphatic carbocycles. The summed E-state index contributed by atoms with van der Waals surface area (Å²) in [7, 11) is 0. The van der Waals surface area contributed by atoms with E-state index in [4.69, 9.17) is 28.9 Å². The van der Waals surface area contributed by atoms with Crippen molar-refractivity contribution in [1.82, 2.24) is 9.78 Å². The molecule has 1 fully saturated rings. The minimum Gasteiger partial charge on any atom is -0.261 e. The number of rotatable bonds is 4. The van der Waals surface area contributed by atoms with Crippen molar-refractivity contribution in [2.75, 3.05) is 4.90 Å². The van der Waals surface area contributed by atoms with Crippen LogP contribution >= 0.6 is 35.6 Å². The Morgan fingerprint density at radius 2 is 1.50 bits per heavy atom. The van der Waals surface area contributed by atoms with Crippen LogP contribution in [0.15, 0.2) is 96.0 Å². The summed E-state index contributed by atoms with van der Waals surface area (Å²) in [5, 5.41) is 5.37. The summed E-state index contributed by atoms with van der Waals surface area (Å²) in [5.41, 5.74) is 4.28. The Morgan fingerprint density at radius 3 is 2.16 bits per heavy atom. The summed E-state index contributed by atoms with van der Waals surface area (Å²) in [6.45, 7) is 0. The average Bonchev–Trinajstić information content (AvgIpc) is 3.36. The summed E-state index contributed by atoms with van der Waals surface area (Å²) in [4.78, 5) is 15.5. The van der Waals surface area contributed by atoms with E-state index in [1.807, 2.05) is 102 Å². The van der Waals surface area contributed by atoms with E-state index < -0.39 is 0 Å². The standard InChI is InChI=1S/C25H16ClN3OS2/c26-19-13-11-17(12-14-19)23-18(16-28(27-23)20-7-3-1-4-8-20)15-22-24(31)29(25(30)32-22)21-9-5-2-6-10-21/h1-16H/b22-15-. The molecule has 156 valence electrons. The first-order valence-electron chi connectivity index (χ1n) is 9.84. The number of nitrogens with zero attached hydrogens (tertiary/aromatic N) is 3. The van der Waals surface area contributed by atoms with Gasteiger partial charge in [-0.3, -0.25) is 9.69 Å². The predicted molar refractivity (Wildman–Crippen MR) is 136 cm³/mol. The van der Waals surface area contributed by atoms with Crippen molar-refractivity contribution in [1.29, 1.82) is 0 Å². The summed E-state index contributed by atoms with van der Waals surface area (Å²) < 4.78 is 1.83. The Hall–Kier alpha value is -3.19. The smallest absolute Gasteiger partial charge is 0.261 e. The maximum Gasteiger partial charge on any atom is 0.296 e. The number of hydrogen-bond acceptors (Lipinski definition) is 4. The average molecular weight is 474 g/mol. The Balaban J connectivity index is 1.59. The summed E-state index contributed by atoms with van der Waals surface area (Å²) >= 11 is 12.9. The molecular weight excluding hydrogens is 458 g/mol. The first kappa shape index (κ1) is 20.7. The van der Waals surface area contributed by atoms with Crippen LogP contribution in [-0.2, 0) is 0 Å². The highest BCUT2D eigenvalue weighted by Gasteiger charge is 2.33. The van der Waals surface area contributed by atoms with Crippen LogP contribution in [-0.4, -0.2) is 20.0 Å². The van der Waals surface area contributed by atoms with E-state index in [1.54, 1.807) is 4.90 Å². The number of carbonyl (C=O) groups is 1. The van der Waals surface area contributed by atoms with Gasteiger partial charge in [-0.05, 0) is 54.2 Å². The van der Waals surface area contributed by atoms with Gasteiger partial charge in [-0.1, -0.05) is 72.3 Å². The second-order valence-corrected chi connectivity index (χ2v) is 8.89. The number of amides is 1. The number of aromatic nitrogens is 2. The summed E-state index contributed by atoms with van der Waals surface area (Å²) in [6, 6.07) is 26.9. The van der Waals surface area contributed by atoms with Crippen molar-refractivity contribution in [3.8, 4) is 16.9 Å². The monoisotopic (exact) mass is 473 g/mol. The van der Waals surface area contributed by atoms with E-state index in [9.17, 15) is 4.79 Å². The number of para-hydroxylation sites is 2. The molecule has 7 heteroatoms. The number of anilines is 1. The van der Waals surface area contributed by atoms with Gasteiger partial charge >= 0.3 is 0 Å². The Labute approximate surface area is 200 Å². The molecule has 1 aliphatic heterocycles. The molecule has 1 aliphatic rings. The highest BCUT2D eigenvalue weighted by atomic mass is 35.5. The molecule has 0 unspecified atom stereocenters.